The van der Waals surface area contributed by atoms with Gasteiger partial charge in [-0.05, 0) is 50.5 Å². The largest absolute Gasteiger partial charge is 0.573 e. The van der Waals surface area contributed by atoms with Crippen LogP contribution in [0.1, 0.15) is 31.4 Å². The van der Waals surface area contributed by atoms with Gasteiger partial charge in [-0.1, -0.05) is 35.9 Å². The van der Waals surface area contributed by atoms with Crippen LogP contribution >= 0.6 is 11.6 Å². The number of para-hydroxylation sites is 1. The van der Waals surface area contributed by atoms with Crippen LogP contribution in [0.2, 0.25) is 5.02 Å². The van der Waals surface area contributed by atoms with Crippen molar-refractivity contribution in [2.75, 3.05) is 11.9 Å². The van der Waals surface area contributed by atoms with Gasteiger partial charge in [0.25, 0.3) is 0 Å². The van der Waals surface area contributed by atoms with Gasteiger partial charge in [-0.15, -0.1) is 13.2 Å². The summed E-state index contributed by atoms with van der Waals surface area (Å²) in [4.78, 5) is 27.7. The Hall–Kier alpha value is -3.53. The molecule has 1 aliphatic rings. The van der Waals surface area contributed by atoms with Gasteiger partial charge in [0.1, 0.15) is 11.8 Å². The number of nitrogens with zero attached hydrogens (tertiary/aromatic N) is 3. The number of anilines is 1. The number of alkyl halides is 3. The first kappa shape index (κ1) is 26.5. The van der Waals surface area contributed by atoms with E-state index in [9.17, 15) is 22.8 Å². The average molecular weight is 535 g/mol. The maximum absolute atomic E-state index is 13.1. The van der Waals surface area contributed by atoms with Crippen LogP contribution in [0.15, 0.2) is 54.7 Å². The Labute approximate surface area is 217 Å². The number of hydrogen-bond acceptors (Lipinski definition) is 4. The Kier molecular flexibility index (Phi) is 8.06. The lowest BCUT2D eigenvalue weighted by Crippen LogP contribution is -2.50. The van der Waals surface area contributed by atoms with Crippen molar-refractivity contribution in [1.29, 1.82) is 0 Å². The zero-order valence-corrected chi connectivity index (χ0v) is 20.9. The maximum atomic E-state index is 13.1. The van der Waals surface area contributed by atoms with E-state index in [4.69, 9.17) is 11.6 Å². The number of likely N-dealkylation sites (tertiary alicyclic amines) is 1. The number of amides is 2. The molecule has 2 heterocycles. The predicted octanol–water partition coefficient (Wildman–Crippen LogP) is 5.82. The Morgan fingerprint density at radius 3 is 2.62 bits per heavy atom. The number of carbonyl (C=O) groups excluding carboxylic acids is 2. The summed E-state index contributed by atoms with van der Waals surface area (Å²) in [5.74, 6) is -0.842. The molecule has 0 aliphatic carbocycles. The highest BCUT2D eigenvalue weighted by Gasteiger charge is 2.33. The number of halogens is 4. The van der Waals surface area contributed by atoms with E-state index in [1.165, 1.54) is 30.3 Å². The van der Waals surface area contributed by atoms with Crippen LogP contribution in [0.3, 0.4) is 0 Å². The normalized spacial score (nSPS) is 15.9. The van der Waals surface area contributed by atoms with E-state index in [2.05, 4.69) is 15.2 Å². The quantitative estimate of drug-likeness (QED) is 0.414. The van der Waals surface area contributed by atoms with Gasteiger partial charge < -0.3 is 15.0 Å². The van der Waals surface area contributed by atoms with Gasteiger partial charge in [-0.25, -0.2) is 0 Å². The lowest BCUT2D eigenvalue weighted by Gasteiger charge is -2.34. The molecule has 0 saturated carbocycles. The lowest BCUT2D eigenvalue weighted by atomic mass is 10.0. The molecule has 2 amide bonds. The van der Waals surface area contributed by atoms with Gasteiger partial charge in [0.05, 0.1) is 10.7 Å². The smallest absolute Gasteiger partial charge is 0.405 e. The van der Waals surface area contributed by atoms with Crippen LogP contribution in [0.25, 0.3) is 11.1 Å². The van der Waals surface area contributed by atoms with Gasteiger partial charge >= 0.3 is 6.36 Å². The highest BCUT2D eigenvalue weighted by atomic mass is 35.5. The summed E-state index contributed by atoms with van der Waals surface area (Å²) in [6, 6.07) is 11.5. The minimum absolute atomic E-state index is 0.123. The third-order valence-corrected chi connectivity index (χ3v) is 6.41. The van der Waals surface area contributed by atoms with Crippen molar-refractivity contribution >= 4 is 29.1 Å². The number of nitrogens with one attached hydrogen (secondary N) is 1. The predicted molar refractivity (Wildman–Crippen MR) is 133 cm³/mol. The maximum Gasteiger partial charge on any atom is 0.573 e. The third kappa shape index (κ3) is 6.82. The summed E-state index contributed by atoms with van der Waals surface area (Å²) >= 11 is 6.40. The number of aromatic nitrogens is 2. The van der Waals surface area contributed by atoms with Crippen LogP contribution in [0, 0.1) is 6.92 Å². The molecule has 196 valence electrons. The van der Waals surface area contributed by atoms with Crippen molar-refractivity contribution in [1.82, 2.24) is 14.7 Å². The van der Waals surface area contributed by atoms with Crippen LogP contribution in [0.5, 0.6) is 5.75 Å². The number of rotatable bonds is 7. The minimum atomic E-state index is -4.85. The Bertz CT molecular complexity index is 1280. The van der Waals surface area contributed by atoms with E-state index in [-0.39, 0.29) is 34.6 Å². The number of aryl methyl sites for hydroxylation is 2. The van der Waals surface area contributed by atoms with Crippen molar-refractivity contribution in [2.24, 2.45) is 0 Å². The van der Waals surface area contributed by atoms with Crippen molar-refractivity contribution in [3.8, 4) is 16.9 Å². The summed E-state index contributed by atoms with van der Waals surface area (Å²) in [5, 5.41) is 7.23. The molecule has 7 nitrogen and oxygen atoms in total. The van der Waals surface area contributed by atoms with Gasteiger partial charge in [0, 0.05) is 42.5 Å². The molecule has 1 N–H and O–H groups in total. The summed E-state index contributed by atoms with van der Waals surface area (Å²) in [6.45, 7) is 2.79. The molecular formula is C26H26ClF3N4O3. The first-order valence-electron chi connectivity index (χ1n) is 11.9. The SMILES string of the molecule is Cc1ccn(CCC(=O)N2CCCCC2C(=O)Nc2ccc(-c3ccccc3OC(F)(F)F)c(Cl)c2)n1. The fraction of sp³-hybridized carbons (Fsp3) is 0.346. The molecule has 0 spiro atoms. The standard InChI is InChI=1S/C26H26ClF3N4O3/c1-17-11-14-33(32-17)15-12-24(35)34-13-5-4-7-22(34)25(36)31-18-9-10-19(21(27)16-18)20-6-2-3-8-23(20)37-26(28,29)30/h2-3,6,8-11,14,16,22H,4-5,7,12-13,15H2,1H3,(H,31,36). The molecule has 37 heavy (non-hydrogen) atoms. The molecule has 2 aromatic carbocycles. The second kappa shape index (κ2) is 11.2. The van der Waals surface area contributed by atoms with Crippen molar-refractivity contribution < 1.29 is 27.5 Å². The molecule has 1 aliphatic heterocycles. The van der Waals surface area contributed by atoms with Gasteiger partial charge in [0.15, 0.2) is 0 Å². The Morgan fingerprint density at radius 1 is 1.14 bits per heavy atom. The summed E-state index contributed by atoms with van der Waals surface area (Å²) < 4.78 is 44.3. The van der Waals surface area contributed by atoms with E-state index < -0.39 is 12.4 Å². The van der Waals surface area contributed by atoms with Gasteiger partial charge in [-0.2, -0.15) is 5.10 Å². The third-order valence-electron chi connectivity index (χ3n) is 6.09. The molecule has 1 atom stereocenters. The summed E-state index contributed by atoms with van der Waals surface area (Å²) in [5.41, 5.74) is 1.73. The number of piperidine rings is 1. The van der Waals surface area contributed by atoms with Crippen LogP contribution in [-0.2, 0) is 16.1 Å². The van der Waals surface area contributed by atoms with Gasteiger partial charge in [0.2, 0.25) is 11.8 Å². The lowest BCUT2D eigenvalue weighted by molar-refractivity contribution is -0.274. The molecule has 0 bridgehead atoms. The average Bonchev–Trinajstić information content (AvgIpc) is 3.27. The molecule has 3 aromatic rings. The van der Waals surface area contributed by atoms with Crippen LogP contribution in [0.4, 0.5) is 18.9 Å². The zero-order valence-electron chi connectivity index (χ0n) is 20.1. The molecule has 1 saturated heterocycles. The molecule has 4 rings (SSSR count). The van der Waals surface area contributed by atoms with E-state index in [0.717, 1.165) is 18.5 Å². The summed E-state index contributed by atoms with van der Waals surface area (Å²) in [6.07, 6.45) is -0.648. The molecule has 1 fully saturated rings. The summed E-state index contributed by atoms with van der Waals surface area (Å²) in [7, 11) is 0. The second-order valence-corrected chi connectivity index (χ2v) is 9.20. The highest BCUT2D eigenvalue weighted by Crippen LogP contribution is 2.38. The molecular weight excluding hydrogens is 509 g/mol. The minimum Gasteiger partial charge on any atom is -0.405 e. The highest BCUT2D eigenvalue weighted by molar-refractivity contribution is 6.33. The van der Waals surface area contributed by atoms with E-state index in [0.29, 0.717) is 30.8 Å². The first-order chi connectivity index (χ1) is 17.6. The molecule has 11 heteroatoms. The number of ether oxygens (including phenoxy) is 1. The Balaban J connectivity index is 1.45. The fourth-order valence-corrected chi connectivity index (χ4v) is 4.67. The number of benzene rings is 2. The monoisotopic (exact) mass is 534 g/mol. The van der Waals surface area contributed by atoms with Crippen molar-refractivity contribution in [2.45, 2.75) is 51.6 Å². The fourth-order valence-electron chi connectivity index (χ4n) is 4.38. The second-order valence-electron chi connectivity index (χ2n) is 8.80. The van der Waals surface area contributed by atoms with Crippen molar-refractivity contribution in [3.05, 3.63) is 65.4 Å². The Morgan fingerprint density at radius 2 is 1.92 bits per heavy atom. The first-order valence-corrected chi connectivity index (χ1v) is 12.2. The van der Waals surface area contributed by atoms with E-state index in [1.807, 2.05) is 19.2 Å². The van der Waals surface area contributed by atoms with E-state index >= 15 is 0 Å². The van der Waals surface area contributed by atoms with Gasteiger partial charge in [-0.3, -0.25) is 14.3 Å². The molecule has 1 aromatic heterocycles. The van der Waals surface area contributed by atoms with E-state index in [1.54, 1.807) is 21.7 Å². The topological polar surface area (TPSA) is 76.5 Å². The number of hydrogen-bond donors (Lipinski definition) is 1. The molecule has 0 radical (unpaired) electrons. The zero-order chi connectivity index (χ0) is 26.6. The van der Waals surface area contributed by atoms with Crippen LogP contribution < -0.4 is 10.1 Å². The van der Waals surface area contributed by atoms with Crippen molar-refractivity contribution in [3.63, 3.8) is 0 Å². The molecule has 1 unspecified atom stereocenters. The van der Waals surface area contributed by atoms with Crippen LogP contribution in [-0.4, -0.2) is 45.4 Å². The number of carbonyl (C=O) groups is 2.